The van der Waals surface area contributed by atoms with Crippen LogP contribution in [0.3, 0.4) is 0 Å². The Morgan fingerprint density at radius 2 is 1.58 bits per heavy atom. The maximum absolute atomic E-state index is 13.5. The first-order valence-electron chi connectivity index (χ1n) is 11.2. The Labute approximate surface area is 204 Å². The molecule has 0 bridgehead atoms. The van der Waals surface area contributed by atoms with Gasteiger partial charge in [0.15, 0.2) is 5.78 Å². The van der Waals surface area contributed by atoms with Gasteiger partial charge in [-0.15, -0.1) is 0 Å². The standard InChI is InChI=1S/C27H27Cl2NO3/c1-15(2)14-33-27(32)24-16(3)30-22-12-19(17-4-8-20(28)9-5-17)13-23(31)26(22)25(24)18-6-10-21(29)11-7-18/h4-11,15,19,25,30H,12-14H2,1-3H3/t19-,25+/m0/s1. The van der Waals surface area contributed by atoms with Crippen LogP contribution in [-0.4, -0.2) is 18.4 Å². The highest BCUT2D eigenvalue weighted by atomic mass is 35.5. The van der Waals surface area contributed by atoms with Crippen LogP contribution < -0.4 is 5.32 Å². The molecule has 0 unspecified atom stereocenters. The molecule has 0 saturated heterocycles. The van der Waals surface area contributed by atoms with Crippen LogP contribution >= 0.6 is 23.2 Å². The van der Waals surface area contributed by atoms with E-state index < -0.39 is 11.9 Å². The molecule has 172 valence electrons. The third-order valence-electron chi connectivity index (χ3n) is 6.14. The molecule has 1 heterocycles. The Hall–Kier alpha value is -2.56. The van der Waals surface area contributed by atoms with Crippen LogP contribution in [0.4, 0.5) is 0 Å². The molecule has 1 N–H and O–H groups in total. The van der Waals surface area contributed by atoms with E-state index in [1.807, 2.05) is 57.2 Å². The molecule has 2 aromatic carbocycles. The molecule has 6 heteroatoms. The summed E-state index contributed by atoms with van der Waals surface area (Å²) in [6, 6.07) is 15.0. The maximum Gasteiger partial charge on any atom is 0.336 e. The first-order valence-corrected chi connectivity index (χ1v) is 11.9. The number of Topliss-reactive ketones (excluding diaryl/α,β-unsaturated/α-hetero) is 1. The zero-order valence-electron chi connectivity index (χ0n) is 19.0. The molecule has 33 heavy (non-hydrogen) atoms. The number of nitrogens with one attached hydrogen (secondary N) is 1. The van der Waals surface area contributed by atoms with Crippen molar-refractivity contribution in [3.05, 3.63) is 92.2 Å². The second-order valence-electron chi connectivity index (χ2n) is 9.11. The number of halogens is 2. The van der Waals surface area contributed by atoms with E-state index in [1.54, 1.807) is 12.1 Å². The number of benzene rings is 2. The lowest BCUT2D eigenvalue weighted by molar-refractivity contribution is -0.140. The van der Waals surface area contributed by atoms with Crippen molar-refractivity contribution in [2.45, 2.75) is 45.4 Å². The Morgan fingerprint density at radius 3 is 2.15 bits per heavy atom. The van der Waals surface area contributed by atoms with Gasteiger partial charge in [0.25, 0.3) is 0 Å². The molecule has 0 saturated carbocycles. The maximum atomic E-state index is 13.5. The first-order chi connectivity index (χ1) is 15.7. The SMILES string of the molecule is CC1=C(C(=O)OCC(C)C)[C@@H](c2ccc(Cl)cc2)C2=C(C[C@H](c3ccc(Cl)cc3)CC2=O)N1. The van der Waals surface area contributed by atoms with Gasteiger partial charge in [-0.1, -0.05) is 61.3 Å². The van der Waals surface area contributed by atoms with Gasteiger partial charge in [-0.05, 0) is 60.6 Å². The number of hydrogen-bond acceptors (Lipinski definition) is 4. The lowest BCUT2D eigenvalue weighted by Gasteiger charge is -2.36. The molecule has 0 spiro atoms. The number of ketones is 1. The lowest BCUT2D eigenvalue weighted by atomic mass is 9.72. The highest BCUT2D eigenvalue weighted by Gasteiger charge is 2.41. The smallest absolute Gasteiger partial charge is 0.336 e. The molecule has 1 aliphatic heterocycles. The molecule has 0 fully saturated rings. The Kier molecular flexibility index (Phi) is 6.96. The number of carbonyl (C=O) groups excluding carboxylic acids is 2. The summed E-state index contributed by atoms with van der Waals surface area (Å²) in [5.74, 6) is -0.587. The second kappa shape index (κ2) is 9.74. The number of carbonyl (C=O) groups is 2. The molecule has 0 amide bonds. The van der Waals surface area contributed by atoms with Gasteiger partial charge in [0, 0.05) is 39.4 Å². The van der Waals surface area contributed by atoms with Gasteiger partial charge >= 0.3 is 5.97 Å². The molecular formula is C27H27Cl2NO3. The summed E-state index contributed by atoms with van der Waals surface area (Å²) in [5, 5.41) is 4.65. The minimum absolute atomic E-state index is 0.0327. The van der Waals surface area contributed by atoms with E-state index >= 15 is 0 Å². The van der Waals surface area contributed by atoms with Crippen LogP contribution in [0.25, 0.3) is 0 Å². The third-order valence-corrected chi connectivity index (χ3v) is 6.64. The largest absolute Gasteiger partial charge is 0.462 e. The van der Waals surface area contributed by atoms with E-state index in [0.717, 1.165) is 16.8 Å². The van der Waals surface area contributed by atoms with Gasteiger partial charge < -0.3 is 10.1 Å². The zero-order valence-corrected chi connectivity index (χ0v) is 20.5. The fraction of sp³-hybridized carbons (Fsp3) is 0.333. The van der Waals surface area contributed by atoms with Crippen LogP contribution in [0.15, 0.2) is 71.1 Å². The number of allylic oxidation sites excluding steroid dienone is 3. The molecule has 1 aliphatic carbocycles. The predicted molar refractivity (Wildman–Crippen MR) is 131 cm³/mol. The van der Waals surface area contributed by atoms with Crippen molar-refractivity contribution in [1.29, 1.82) is 0 Å². The summed E-state index contributed by atoms with van der Waals surface area (Å²) in [6.07, 6.45) is 1.05. The topological polar surface area (TPSA) is 55.4 Å². The molecule has 0 aromatic heterocycles. The van der Waals surface area contributed by atoms with Crippen molar-refractivity contribution in [3.8, 4) is 0 Å². The molecule has 2 aromatic rings. The third kappa shape index (κ3) is 5.02. The summed E-state index contributed by atoms with van der Waals surface area (Å²) >= 11 is 12.2. The van der Waals surface area contributed by atoms with Crippen molar-refractivity contribution >= 4 is 35.0 Å². The minimum Gasteiger partial charge on any atom is -0.462 e. The summed E-state index contributed by atoms with van der Waals surface area (Å²) in [6.45, 7) is 6.18. The van der Waals surface area contributed by atoms with Crippen LogP contribution in [0.2, 0.25) is 10.0 Å². The highest BCUT2D eigenvalue weighted by Crippen LogP contribution is 2.46. The van der Waals surface area contributed by atoms with Gasteiger partial charge in [0.2, 0.25) is 0 Å². The summed E-state index contributed by atoms with van der Waals surface area (Å²) < 4.78 is 5.60. The summed E-state index contributed by atoms with van der Waals surface area (Å²) in [4.78, 5) is 26.7. The van der Waals surface area contributed by atoms with E-state index in [9.17, 15) is 9.59 Å². The van der Waals surface area contributed by atoms with Crippen LogP contribution in [0, 0.1) is 5.92 Å². The van der Waals surface area contributed by atoms with Gasteiger partial charge in [0.05, 0.1) is 12.2 Å². The molecule has 4 nitrogen and oxygen atoms in total. The molecule has 2 aliphatic rings. The summed E-state index contributed by atoms with van der Waals surface area (Å²) in [5.41, 5.74) is 4.63. The molecule has 4 rings (SSSR count). The van der Waals surface area contributed by atoms with E-state index in [1.165, 1.54) is 0 Å². The van der Waals surface area contributed by atoms with Crippen LogP contribution in [0.5, 0.6) is 0 Å². The highest BCUT2D eigenvalue weighted by molar-refractivity contribution is 6.30. The zero-order chi connectivity index (χ0) is 23.7. The number of rotatable bonds is 5. The normalized spacial score (nSPS) is 20.6. The summed E-state index contributed by atoms with van der Waals surface area (Å²) in [7, 11) is 0. The van der Waals surface area contributed by atoms with E-state index in [4.69, 9.17) is 27.9 Å². The van der Waals surface area contributed by atoms with Gasteiger partial charge in [-0.3, -0.25) is 4.79 Å². The Morgan fingerprint density at radius 1 is 1.00 bits per heavy atom. The minimum atomic E-state index is -0.489. The fourth-order valence-electron chi connectivity index (χ4n) is 4.59. The number of hydrogen-bond donors (Lipinski definition) is 1. The van der Waals surface area contributed by atoms with E-state index in [2.05, 4.69) is 5.32 Å². The van der Waals surface area contributed by atoms with Gasteiger partial charge in [-0.2, -0.15) is 0 Å². The van der Waals surface area contributed by atoms with Crippen molar-refractivity contribution in [3.63, 3.8) is 0 Å². The van der Waals surface area contributed by atoms with Crippen molar-refractivity contribution < 1.29 is 14.3 Å². The van der Waals surface area contributed by atoms with Gasteiger partial charge in [0.1, 0.15) is 0 Å². The van der Waals surface area contributed by atoms with E-state index in [0.29, 0.717) is 46.3 Å². The molecular weight excluding hydrogens is 457 g/mol. The Bertz CT molecular complexity index is 1130. The Balaban J connectivity index is 1.75. The van der Waals surface area contributed by atoms with Crippen molar-refractivity contribution in [2.75, 3.05) is 6.61 Å². The number of ether oxygens (including phenoxy) is 1. The van der Waals surface area contributed by atoms with E-state index in [-0.39, 0.29) is 17.6 Å². The van der Waals surface area contributed by atoms with Crippen molar-refractivity contribution in [2.24, 2.45) is 5.92 Å². The average molecular weight is 484 g/mol. The lowest BCUT2D eigenvalue weighted by Crippen LogP contribution is -2.36. The van der Waals surface area contributed by atoms with Crippen LogP contribution in [-0.2, 0) is 14.3 Å². The van der Waals surface area contributed by atoms with Crippen molar-refractivity contribution in [1.82, 2.24) is 5.32 Å². The predicted octanol–water partition coefficient (Wildman–Crippen LogP) is 6.55. The average Bonchev–Trinajstić information content (AvgIpc) is 2.77. The van der Waals surface area contributed by atoms with Gasteiger partial charge in [-0.25, -0.2) is 4.79 Å². The number of esters is 1. The number of dihydropyridines is 1. The fourth-order valence-corrected chi connectivity index (χ4v) is 4.84. The second-order valence-corrected chi connectivity index (χ2v) is 9.99. The monoisotopic (exact) mass is 483 g/mol. The quantitative estimate of drug-likeness (QED) is 0.489. The molecule has 2 atom stereocenters. The van der Waals surface area contributed by atoms with Crippen LogP contribution in [0.1, 0.15) is 56.6 Å². The first kappa shape index (κ1) is 23.6. The molecule has 0 radical (unpaired) electrons.